The lowest BCUT2D eigenvalue weighted by Gasteiger charge is -2.25. The second-order valence-electron chi connectivity index (χ2n) is 6.88. The smallest absolute Gasteiger partial charge is 0.338 e. The quantitative estimate of drug-likeness (QED) is 0.445. The van der Waals surface area contributed by atoms with Gasteiger partial charge in [0.05, 0.1) is 17.1 Å². The lowest BCUT2D eigenvalue weighted by atomic mass is 10.2. The third-order valence-corrected chi connectivity index (χ3v) is 6.64. The molecule has 0 aromatic heterocycles. The van der Waals surface area contributed by atoms with Crippen LogP contribution in [0, 0.1) is 0 Å². The molecule has 1 aliphatic rings. The van der Waals surface area contributed by atoms with Crippen molar-refractivity contribution in [2.75, 3.05) is 32.9 Å². The molecule has 30 heavy (non-hydrogen) atoms. The maximum Gasteiger partial charge on any atom is 0.338 e. The standard InChI is InChI=1S/C22H27NO6S/c1-2-27-19-9-11-20(12-10-19)28-15-16-29-22(24)18-7-6-8-21(17-18)30(25,26)23-13-4-3-5-14-23/h6-12,17H,2-5,13-16H2,1H3. The average molecular weight is 434 g/mol. The molecule has 3 rings (SSSR count). The number of hydrogen-bond donors (Lipinski definition) is 0. The number of rotatable bonds is 9. The lowest BCUT2D eigenvalue weighted by molar-refractivity contribution is 0.0450. The molecule has 0 unspecified atom stereocenters. The van der Waals surface area contributed by atoms with Crippen LogP contribution in [0.4, 0.5) is 0 Å². The highest BCUT2D eigenvalue weighted by Gasteiger charge is 2.26. The number of carbonyl (C=O) groups is 1. The summed E-state index contributed by atoms with van der Waals surface area (Å²) in [4.78, 5) is 12.4. The molecule has 1 aliphatic heterocycles. The highest BCUT2D eigenvalue weighted by Crippen LogP contribution is 2.22. The van der Waals surface area contributed by atoms with E-state index in [2.05, 4.69) is 0 Å². The summed E-state index contributed by atoms with van der Waals surface area (Å²) in [7, 11) is -3.60. The van der Waals surface area contributed by atoms with Gasteiger partial charge in [-0.05, 0) is 62.2 Å². The van der Waals surface area contributed by atoms with Crippen LogP contribution in [0.3, 0.4) is 0 Å². The summed E-state index contributed by atoms with van der Waals surface area (Å²) in [6.45, 7) is 3.77. The molecule has 0 bridgehead atoms. The highest BCUT2D eigenvalue weighted by molar-refractivity contribution is 7.89. The lowest BCUT2D eigenvalue weighted by Crippen LogP contribution is -2.35. The minimum absolute atomic E-state index is 0.0507. The number of hydrogen-bond acceptors (Lipinski definition) is 6. The van der Waals surface area contributed by atoms with E-state index in [-0.39, 0.29) is 23.7 Å². The fourth-order valence-electron chi connectivity index (χ4n) is 3.21. The Kier molecular flexibility index (Phi) is 7.70. The molecule has 1 heterocycles. The van der Waals surface area contributed by atoms with Crippen LogP contribution in [-0.2, 0) is 14.8 Å². The van der Waals surface area contributed by atoms with E-state index in [9.17, 15) is 13.2 Å². The van der Waals surface area contributed by atoms with Crippen molar-refractivity contribution in [1.82, 2.24) is 4.31 Å². The number of nitrogens with zero attached hydrogens (tertiary/aromatic N) is 1. The first-order valence-electron chi connectivity index (χ1n) is 10.1. The molecule has 162 valence electrons. The number of benzene rings is 2. The van der Waals surface area contributed by atoms with Gasteiger partial charge in [0.2, 0.25) is 10.0 Å². The zero-order valence-corrected chi connectivity index (χ0v) is 17.9. The van der Waals surface area contributed by atoms with Gasteiger partial charge >= 0.3 is 5.97 Å². The van der Waals surface area contributed by atoms with Crippen LogP contribution in [0.2, 0.25) is 0 Å². The molecule has 0 amide bonds. The Morgan fingerprint density at radius 1 is 0.933 bits per heavy atom. The Morgan fingerprint density at radius 3 is 2.27 bits per heavy atom. The van der Waals surface area contributed by atoms with Crippen LogP contribution in [-0.4, -0.2) is 51.6 Å². The van der Waals surface area contributed by atoms with Crippen molar-refractivity contribution < 1.29 is 27.4 Å². The second kappa shape index (κ2) is 10.4. The van der Waals surface area contributed by atoms with Crippen molar-refractivity contribution in [1.29, 1.82) is 0 Å². The van der Waals surface area contributed by atoms with Crippen molar-refractivity contribution in [3.63, 3.8) is 0 Å². The predicted molar refractivity (Wildman–Crippen MR) is 112 cm³/mol. The van der Waals surface area contributed by atoms with E-state index in [1.165, 1.54) is 16.4 Å². The van der Waals surface area contributed by atoms with Crippen molar-refractivity contribution in [3.8, 4) is 11.5 Å². The average Bonchev–Trinajstić information content (AvgIpc) is 2.78. The molecule has 0 aliphatic carbocycles. The van der Waals surface area contributed by atoms with Gasteiger partial charge in [-0.3, -0.25) is 0 Å². The van der Waals surface area contributed by atoms with Gasteiger partial charge in [0.15, 0.2) is 0 Å². The molecule has 2 aromatic carbocycles. The fraction of sp³-hybridized carbons (Fsp3) is 0.409. The number of carbonyl (C=O) groups excluding carboxylic acids is 1. The van der Waals surface area contributed by atoms with Crippen molar-refractivity contribution >= 4 is 16.0 Å². The Bertz CT molecular complexity index is 936. The predicted octanol–water partition coefficient (Wildman–Crippen LogP) is 3.50. The second-order valence-corrected chi connectivity index (χ2v) is 8.82. The minimum atomic E-state index is -3.60. The monoisotopic (exact) mass is 433 g/mol. The molecule has 0 spiro atoms. The van der Waals surface area contributed by atoms with Crippen LogP contribution >= 0.6 is 0 Å². The summed E-state index contributed by atoms with van der Waals surface area (Å²) >= 11 is 0. The number of esters is 1. The molecule has 0 saturated carbocycles. The van der Waals surface area contributed by atoms with E-state index in [1.54, 1.807) is 36.4 Å². The van der Waals surface area contributed by atoms with Gasteiger partial charge < -0.3 is 14.2 Å². The van der Waals surface area contributed by atoms with Gasteiger partial charge in [0.25, 0.3) is 0 Å². The summed E-state index contributed by atoms with van der Waals surface area (Å²) < 4.78 is 43.2. The third-order valence-electron chi connectivity index (χ3n) is 4.74. The molecule has 1 fully saturated rings. The topological polar surface area (TPSA) is 82.1 Å². The normalized spacial score (nSPS) is 14.8. The van der Waals surface area contributed by atoms with E-state index in [0.29, 0.717) is 25.4 Å². The number of ether oxygens (including phenoxy) is 3. The Balaban J connectivity index is 1.52. The summed E-state index contributed by atoms with van der Waals surface area (Å²) in [5.74, 6) is 0.820. The molecule has 0 atom stereocenters. The van der Waals surface area contributed by atoms with Gasteiger partial charge in [0.1, 0.15) is 24.7 Å². The SMILES string of the molecule is CCOc1ccc(OCCOC(=O)c2cccc(S(=O)(=O)N3CCCCC3)c2)cc1. The van der Waals surface area contributed by atoms with E-state index in [1.807, 2.05) is 6.92 Å². The van der Waals surface area contributed by atoms with Gasteiger partial charge in [-0.15, -0.1) is 0 Å². The Labute approximate surface area is 177 Å². The maximum atomic E-state index is 12.8. The van der Waals surface area contributed by atoms with E-state index >= 15 is 0 Å². The summed E-state index contributed by atoms with van der Waals surface area (Å²) in [5, 5.41) is 0. The van der Waals surface area contributed by atoms with Crippen molar-refractivity contribution in [3.05, 3.63) is 54.1 Å². The van der Waals surface area contributed by atoms with Gasteiger partial charge in [-0.1, -0.05) is 12.5 Å². The Morgan fingerprint density at radius 2 is 1.60 bits per heavy atom. The van der Waals surface area contributed by atoms with Gasteiger partial charge in [-0.25, -0.2) is 13.2 Å². The van der Waals surface area contributed by atoms with Crippen LogP contribution in [0.25, 0.3) is 0 Å². The van der Waals surface area contributed by atoms with Crippen LogP contribution < -0.4 is 9.47 Å². The molecule has 0 N–H and O–H groups in total. The van der Waals surface area contributed by atoms with Crippen molar-refractivity contribution in [2.45, 2.75) is 31.1 Å². The zero-order chi connectivity index (χ0) is 21.4. The van der Waals surface area contributed by atoms with Crippen LogP contribution in [0.15, 0.2) is 53.4 Å². The molecule has 2 aromatic rings. The number of sulfonamides is 1. The zero-order valence-electron chi connectivity index (χ0n) is 17.1. The molecule has 1 saturated heterocycles. The minimum Gasteiger partial charge on any atom is -0.494 e. The Hall–Kier alpha value is -2.58. The molecule has 7 nitrogen and oxygen atoms in total. The highest BCUT2D eigenvalue weighted by atomic mass is 32.2. The summed E-state index contributed by atoms with van der Waals surface area (Å²) in [5.41, 5.74) is 0.203. The first-order chi connectivity index (χ1) is 14.5. The molecular weight excluding hydrogens is 406 g/mol. The van der Waals surface area contributed by atoms with Crippen LogP contribution in [0.1, 0.15) is 36.5 Å². The fourth-order valence-corrected chi connectivity index (χ4v) is 4.78. The van der Waals surface area contributed by atoms with Crippen LogP contribution in [0.5, 0.6) is 11.5 Å². The van der Waals surface area contributed by atoms with E-state index in [0.717, 1.165) is 25.0 Å². The summed E-state index contributed by atoms with van der Waals surface area (Å²) in [6, 6.07) is 13.2. The van der Waals surface area contributed by atoms with Crippen molar-refractivity contribution in [2.24, 2.45) is 0 Å². The summed E-state index contributed by atoms with van der Waals surface area (Å²) in [6.07, 6.45) is 2.75. The van der Waals surface area contributed by atoms with Gasteiger partial charge in [0, 0.05) is 13.1 Å². The first kappa shape index (κ1) is 22.1. The number of piperidine rings is 1. The third kappa shape index (κ3) is 5.73. The molecule has 8 heteroatoms. The first-order valence-corrected chi connectivity index (χ1v) is 11.6. The maximum absolute atomic E-state index is 12.8. The molecule has 0 radical (unpaired) electrons. The molecular formula is C22H27NO6S. The largest absolute Gasteiger partial charge is 0.494 e. The van der Waals surface area contributed by atoms with E-state index < -0.39 is 16.0 Å². The van der Waals surface area contributed by atoms with Gasteiger partial charge in [-0.2, -0.15) is 4.31 Å². The van der Waals surface area contributed by atoms with E-state index in [4.69, 9.17) is 14.2 Å².